The van der Waals surface area contributed by atoms with Gasteiger partial charge in [0.2, 0.25) is 0 Å². The molecule has 9 heteroatoms. The Labute approximate surface area is 185 Å². The molecular weight excluding hydrogens is 425 g/mol. The normalized spacial score (nSPS) is 25.1. The highest BCUT2D eigenvalue weighted by molar-refractivity contribution is 6.31. The lowest BCUT2D eigenvalue weighted by molar-refractivity contribution is 0.171. The minimum absolute atomic E-state index is 0.170. The van der Waals surface area contributed by atoms with Gasteiger partial charge in [0.05, 0.1) is 11.9 Å². The van der Waals surface area contributed by atoms with E-state index in [0.717, 1.165) is 29.9 Å². The number of hydrogen-bond donors (Lipinski definition) is 0. The van der Waals surface area contributed by atoms with Crippen LogP contribution in [0, 0.1) is 11.8 Å². The first-order valence-corrected chi connectivity index (χ1v) is 11.1. The molecule has 1 fully saturated rings. The SMILES string of the molecule is C[C@@H]1CCCN(Cc2nc3c(c(=O)n(C)c(=O)n3C)n2C[C@@H]2C(Cl)=CC=C[C@@H]2Cl)C1. The number of likely N-dealkylation sites (tertiary alicyclic amines) is 1. The summed E-state index contributed by atoms with van der Waals surface area (Å²) >= 11 is 13.0. The predicted octanol–water partition coefficient (Wildman–Crippen LogP) is 2.58. The minimum atomic E-state index is -0.385. The van der Waals surface area contributed by atoms with Crippen LogP contribution in [0.5, 0.6) is 0 Å². The van der Waals surface area contributed by atoms with Crippen LogP contribution < -0.4 is 11.2 Å². The van der Waals surface area contributed by atoms with Gasteiger partial charge in [0.15, 0.2) is 11.2 Å². The number of aromatic nitrogens is 4. The highest BCUT2D eigenvalue weighted by Crippen LogP contribution is 2.31. The molecule has 1 aliphatic carbocycles. The number of alkyl halides is 1. The molecule has 3 heterocycles. The van der Waals surface area contributed by atoms with Crippen molar-refractivity contribution in [3.8, 4) is 0 Å². The summed E-state index contributed by atoms with van der Waals surface area (Å²) < 4.78 is 4.49. The molecule has 0 unspecified atom stereocenters. The molecule has 3 atom stereocenters. The van der Waals surface area contributed by atoms with Gasteiger partial charge in [0, 0.05) is 38.1 Å². The summed E-state index contributed by atoms with van der Waals surface area (Å²) in [5.74, 6) is 1.22. The maximum absolute atomic E-state index is 13.1. The molecule has 0 amide bonds. The van der Waals surface area contributed by atoms with E-state index < -0.39 is 0 Å². The molecule has 162 valence electrons. The predicted molar refractivity (Wildman–Crippen MR) is 120 cm³/mol. The summed E-state index contributed by atoms with van der Waals surface area (Å²) in [6.45, 7) is 5.29. The highest BCUT2D eigenvalue weighted by atomic mass is 35.5. The molecule has 0 N–H and O–H groups in total. The monoisotopic (exact) mass is 451 g/mol. The van der Waals surface area contributed by atoms with Crippen LogP contribution in [0.25, 0.3) is 11.2 Å². The fraction of sp³-hybridized carbons (Fsp3) is 0.571. The maximum Gasteiger partial charge on any atom is 0.332 e. The summed E-state index contributed by atoms with van der Waals surface area (Å²) in [4.78, 5) is 32.6. The molecule has 0 bridgehead atoms. The van der Waals surface area contributed by atoms with Crippen molar-refractivity contribution in [3.05, 3.63) is 49.9 Å². The van der Waals surface area contributed by atoms with Crippen molar-refractivity contribution >= 4 is 34.4 Å². The third-order valence-corrected chi connectivity index (χ3v) is 7.06. The first-order chi connectivity index (χ1) is 14.3. The lowest BCUT2D eigenvalue weighted by Gasteiger charge is -2.31. The molecular formula is C21H27Cl2N5O2. The molecule has 0 aromatic carbocycles. The van der Waals surface area contributed by atoms with Gasteiger partial charge in [-0.15, -0.1) is 11.6 Å². The summed E-state index contributed by atoms with van der Waals surface area (Å²) in [5.41, 5.74) is 0.0868. The van der Waals surface area contributed by atoms with E-state index in [-0.39, 0.29) is 22.5 Å². The Morgan fingerprint density at radius 2 is 2.00 bits per heavy atom. The molecule has 0 radical (unpaired) electrons. The number of fused-ring (bicyclic) bond motifs is 1. The molecule has 2 aliphatic rings. The van der Waals surface area contributed by atoms with Crippen molar-refractivity contribution in [2.24, 2.45) is 25.9 Å². The quantitative estimate of drug-likeness (QED) is 0.669. The molecule has 2 aromatic heterocycles. The van der Waals surface area contributed by atoms with Crippen molar-refractivity contribution in [2.75, 3.05) is 13.1 Å². The van der Waals surface area contributed by atoms with Crippen LogP contribution >= 0.6 is 23.2 Å². The lowest BCUT2D eigenvalue weighted by Crippen LogP contribution is -2.38. The third kappa shape index (κ3) is 3.79. The van der Waals surface area contributed by atoms with E-state index in [4.69, 9.17) is 28.2 Å². The van der Waals surface area contributed by atoms with Gasteiger partial charge in [-0.1, -0.05) is 30.7 Å². The summed E-state index contributed by atoms with van der Waals surface area (Å²) in [6.07, 6.45) is 7.96. The van der Waals surface area contributed by atoms with E-state index in [1.807, 2.05) is 22.8 Å². The topological polar surface area (TPSA) is 65.1 Å². The lowest BCUT2D eigenvalue weighted by atomic mass is 9.99. The first kappa shape index (κ1) is 21.4. The molecule has 0 saturated carbocycles. The Morgan fingerprint density at radius 1 is 1.23 bits per heavy atom. The summed E-state index contributed by atoms with van der Waals surface area (Å²) in [6, 6.07) is 0. The number of halogens is 2. The number of nitrogens with zero attached hydrogens (tertiary/aromatic N) is 5. The van der Waals surface area contributed by atoms with Gasteiger partial charge in [-0.05, 0) is 31.4 Å². The summed E-state index contributed by atoms with van der Waals surface area (Å²) in [7, 11) is 3.14. The van der Waals surface area contributed by atoms with Crippen molar-refractivity contribution in [2.45, 2.75) is 38.2 Å². The minimum Gasteiger partial charge on any atom is -0.320 e. The number of rotatable bonds is 4. The van der Waals surface area contributed by atoms with Gasteiger partial charge in [-0.2, -0.15) is 0 Å². The zero-order valence-electron chi connectivity index (χ0n) is 17.5. The number of hydrogen-bond acceptors (Lipinski definition) is 4. The molecule has 1 aliphatic heterocycles. The zero-order valence-corrected chi connectivity index (χ0v) is 19.0. The van der Waals surface area contributed by atoms with Gasteiger partial charge in [0.1, 0.15) is 5.82 Å². The van der Waals surface area contributed by atoms with Crippen molar-refractivity contribution < 1.29 is 0 Å². The van der Waals surface area contributed by atoms with Gasteiger partial charge in [0.25, 0.3) is 5.56 Å². The van der Waals surface area contributed by atoms with Crippen LogP contribution in [-0.4, -0.2) is 42.1 Å². The van der Waals surface area contributed by atoms with Crippen LogP contribution in [0.1, 0.15) is 25.6 Å². The molecule has 7 nitrogen and oxygen atoms in total. The van der Waals surface area contributed by atoms with Gasteiger partial charge in [-0.3, -0.25) is 18.8 Å². The molecule has 2 aromatic rings. The zero-order chi connectivity index (χ0) is 21.6. The summed E-state index contributed by atoms with van der Waals surface area (Å²) in [5, 5.41) is 0.373. The van der Waals surface area contributed by atoms with Crippen molar-refractivity contribution in [1.82, 2.24) is 23.6 Å². The van der Waals surface area contributed by atoms with Crippen LogP contribution in [-0.2, 0) is 27.2 Å². The molecule has 30 heavy (non-hydrogen) atoms. The Bertz CT molecular complexity index is 1140. The number of allylic oxidation sites excluding steroid dienone is 4. The third-order valence-electron chi connectivity index (χ3n) is 6.20. The fourth-order valence-electron chi connectivity index (χ4n) is 4.49. The molecule has 1 saturated heterocycles. The second kappa shape index (κ2) is 8.36. The maximum atomic E-state index is 13.1. The highest BCUT2D eigenvalue weighted by Gasteiger charge is 2.28. The van der Waals surface area contributed by atoms with E-state index in [0.29, 0.717) is 35.2 Å². The van der Waals surface area contributed by atoms with Crippen LogP contribution in [0.2, 0.25) is 0 Å². The smallest absolute Gasteiger partial charge is 0.320 e. The van der Waals surface area contributed by atoms with Gasteiger partial charge < -0.3 is 4.57 Å². The Morgan fingerprint density at radius 3 is 2.70 bits per heavy atom. The second-order valence-corrected chi connectivity index (χ2v) is 9.43. The Hall–Kier alpha value is -1.83. The average molecular weight is 452 g/mol. The van der Waals surface area contributed by atoms with Gasteiger partial charge >= 0.3 is 5.69 Å². The Balaban J connectivity index is 1.84. The molecule has 0 spiro atoms. The largest absolute Gasteiger partial charge is 0.332 e. The Kier molecular flexibility index (Phi) is 5.97. The number of piperidine rings is 1. The van der Waals surface area contributed by atoms with Gasteiger partial charge in [-0.25, -0.2) is 9.78 Å². The second-order valence-electron chi connectivity index (χ2n) is 8.49. The number of imidazole rings is 1. The van der Waals surface area contributed by atoms with Crippen LogP contribution in [0.4, 0.5) is 0 Å². The average Bonchev–Trinajstić information content (AvgIpc) is 3.05. The van der Waals surface area contributed by atoms with E-state index in [1.165, 1.54) is 18.0 Å². The van der Waals surface area contributed by atoms with Crippen molar-refractivity contribution in [1.29, 1.82) is 0 Å². The van der Waals surface area contributed by atoms with Crippen LogP contribution in [0.15, 0.2) is 32.8 Å². The fourth-order valence-corrected chi connectivity index (χ4v) is 5.13. The first-order valence-electron chi connectivity index (χ1n) is 10.3. The van der Waals surface area contributed by atoms with E-state index in [9.17, 15) is 9.59 Å². The molecule has 4 rings (SSSR count). The standard InChI is InChI=1S/C21H27Cl2N5O2/c1-13-6-5-9-27(10-13)12-17-24-19-18(20(29)26(3)21(30)25(19)2)28(17)11-14-15(22)7-4-8-16(14)23/h4,7-8,13-15H,5-6,9-12H2,1-3H3/t13-,14+,15+/m1/s1. The van der Waals surface area contributed by atoms with E-state index in [1.54, 1.807) is 7.05 Å². The van der Waals surface area contributed by atoms with E-state index >= 15 is 0 Å². The van der Waals surface area contributed by atoms with E-state index in [2.05, 4.69) is 11.8 Å². The van der Waals surface area contributed by atoms with Crippen molar-refractivity contribution in [3.63, 3.8) is 0 Å². The number of aryl methyl sites for hydroxylation is 1. The van der Waals surface area contributed by atoms with Crippen LogP contribution in [0.3, 0.4) is 0 Å².